The van der Waals surface area contributed by atoms with Crippen molar-refractivity contribution < 1.29 is 0 Å². The fourth-order valence-electron chi connectivity index (χ4n) is 1.87. The van der Waals surface area contributed by atoms with Crippen molar-refractivity contribution in [3.8, 4) is 0 Å². The first-order valence-electron chi connectivity index (χ1n) is 5.19. The number of nitrogens with zero attached hydrogens (tertiary/aromatic N) is 1. The maximum absolute atomic E-state index is 7.39. The third-order valence-electron chi connectivity index (χ3n) is 3.05. The summed E-state index contributed by atoms with van der Waals surface area (Å²) in [5, 5.41) is 7.39. The van der Waals surface area contributed by atoms with E-state index in [-0.39, 0.29) is 6.04 Å². The quantitative estimate of drug-likeness (QED) is 0.502. The summed E-state index contributed by atoms with van der Waals surface area (Å²) in [4.78, 5) is 2.33. The standard InChI is InChI=1S/C10H21N3/c1-8-4-3-6-13(7-5-8)9(2)10(11)12/h8-9H,3-7H2,1-2H3,(H3,11,12). The first-order chi connectivity index (χ1) is 6.11. The number of nitrogens with one attached hydrogen (secondary N) is 1. The molecule has 1 aliphatic rings. The van der Waals surface area contributed by atoms with E-state index in [1.165, 1.54) is 19.3 Å². The van der Waals surface area contributed by atoms with Crippen LogP contribution in [-0.2, 0) is 0 Å². The summed E-state index contributed by atoms with van der Waals surface area (Å²) in [5.74, 6) is 1.14. The van der Waals surface area contributed by atoms with Crippen molar-refractivity contribution in [2.45, 2.75) is 39.2 Å². The van der Waals surface area contributed by atoms with Gasteiger partial charge in [0.25, 0.3) is 0 Å². The van der Waals surface area contributed by atoms with Gasteiger partial charge in [-0.05, 0) is 45.2 Å². The largest absolute Gasteiger partial charge is 0.386 e. The summed E-state index contributed by atoms with van der Waals surface area (Å²) in [6.45, 7) is 6.53. The highest BCUT2D eigenvalue weighted by Crippen LogP contribution is 2.17. The Kier molecular flexibility index (Phi) is 3.72. The molecule has 0 saturated carbocycles. The second kappa shape index (κ2) is 4.61. The van der Waals surface area contributed by atoms with E-state index in [4.69, 9.17) is 11.1 Å². The highest BCUT2D eigenvalue weighted by molar-refractivity contribution is 5.82. The molecule has 1 saturated heterocycles. The molecule has 1 heterocycles. The Labute approximate surface area is 80.8 Å². The summed E-state index contributed by atoms with van der Waals surface area (Å²) in [5.41, 5.74) is 5.49. The summed E-state index contributed by atoms with van der Waals surface area (Å²) < 4.78 is 0. The summed E-state index contributed by atoms with van der Waals surface area (Å²) >= 11 is 0. The molecule has 0 bridgehead atoms. The van der Waals surface area contributed by atoms with Crippen molar-refractivity contribution in [1.82, 2.24) is 4.90 Å². The molecule has 0 aliphatic carbocycles. The van der Waals surface area contributed by atoms with Crippen molar-refractivity contribution in [2.24, 2.45) is 11.7 Å². The Morgan fingerprint density at radius 2 is 2.15 bits per heavy atom. The number of hydrogen-bond acceptors (Lipinski definition) is 2. The Balaban J connectivity index is 2.46. The maximum Gasteiger partial charge on any atom is 0.108 e. The van der Waals surface area contributed by atoms with E-state index in [1.54, 1.807) is 0 Å². The molecule has 3 nitrogen and oxygen atoms in total. The van der Waals surface area contributed by atoms with E-state index in [0.717, 1.165) is 19.0 Å². The van der Waals surface area contributed by atoms with E-state index in [9.17, 15) is 0 Å². The van der Waals surface area contributed by atoms with Crippen molar-refractivity contribution >= 4 is 5.84 Å². The lowest BCUT2D eigenvalue weighted by Crippen LogP contribution is -2.42. The summed E-state index contributed by atoms with van der Waals surface area (Å²) in [7, 11) is 0. The second-order valence-electron chi connectivity index (χ2n) is 4.20. The number of nitrogens with two attached hydrogens (primary N) is 1. The number of likely N-dealkylation sites (tertiary alicyclic amines) is 1. The highest BCUT2D eigenvalue weighted by atomic mass is 15.2. The lowest BCUT2D eigenvalue weighted by atomic mass is 10.0. The lowest BCUT2D eigenvalue weighted by molar-refractivity contribution is 0.259. The molecule has 1 rings (SSSR count). The average molecular weight is 183 g/mol. The zero-order valence-electron chi connectivity index (χ0n) is 8.71. The number of amidine groups is 1. The van der Waals surface area contributed by atoms with Gasteiger partial charge in [-0.2, -0.15) is 0 Å². The van der Waals surface area contributed by atoms with Crippen LogP contribution in [0.2, 0.25) is 0 Å². The SMILES string of the molecule is CC1CCCN(C(C)C(=N)N)CC1. The van der Waals surface area contributed by atoms with Gasteiger partial charge in [-0.3, -0.25) is 10.3 Å². The molecule has 0 aromatic heterocycles. The van der Waals surface area contributed by atoms with E-state index >= 15 is 0 Å². The summed E-state index contributed by atoms with van der Waals surface area (Å²) in [6, 6.07) is 0.130. The van der Waals surface area contributed by atoms with Gasteiger partial charge in [-0.25, -0.2) is 0 Å². The molecule has 0 radical (unpaired) electrons. The maximum atomic E-state index is 7.39. The molecule has 0 amide bonds. The van der Waals surface area contributed by atoms with E-state index in [2.05, 4.69) is 11.8 Å². The highest BCUT2D eigenvalue weighted by Gasteiger charge is 2.19. The van der Waals surface area contributed by atoms with Crippen molar-refractivity contribution in [1.29, 1.82) is 5.41 Å². The van der Waals surface area contributed by atoms with Crippen molar-refractivity contribution in [3.05, 3.63) is 0 Å². The lowest BCUT2D eigenvalue weighted by Gasteiger charge is -2.26. The second-order valence-corrected chi connectivity index (χ2v) is 4.20. The minimum absolute atomic E-state index is 0.130. The fourth-order valence-corrected chi connectivity index (χ4v) is 1.87. The van der Waals surface area contributed by atoms with Gasteiger partial charge in [0.05, 0.1) is 6.04 Å². The fraction of sp³-hybridized carbons (Fsp3) is 0.900. The van der Waals surface area contributed by atoms with Gasteiger partial charge in [0.15, 0.2) is 0 Å². The topological polar surface area (TPSA) is 53.1 Å². The van der Waals surface area contributed by atoms with Gasteiger partial charge in [0.2, 0.25) is 0 Å². The van der Waals surface area contributed by atoms with Crippen LogP contribution < -0.4 is 5.73 Å². The predicted octanol–water partition coefficient (Wildman–Crippen LogP) is 1.43. The molecular formula is C10H21N3. The first kappa shape index (κ1) is 10.5. The molecule has 76 valence electrons. The zero-order valence-corrected chi connectivity index (χ0v) is 8.71. The third-order valence-corrected chi connectivity index (χ3v) is 3.05. The normalized spacial score (nSPS) is 28.0. The van der Waals surface area contributed by atoms with Gasteiger partial charge in [0.1, 0.15) is 5.84 Å². The molecule has 0 aromatic rings. The van der Waals surface area contributed by atoms with Crippen LogP contribution in [0.1, 0.15) is 33.1 Å². The number of rotatable bonds is 2. The van der Waals surface area contributed by atoms with E-state index in [0.29, 0.717) is 5.84 Å². The monoisotopic (exact) mass is 183 g/mol. The van der Waals surface area contributed by atoms with Crippen LogP contribution in [0.5, 0.6) is 0 Å². The van der Waals surface area contributed by atoms with Crippen LogP contribution in [0.4, 0.5) is 0 Å². The number of hydrogen-bond donors (Lipinski definition) is 2. The zero-order chi connectivity index (χ0) is 9.84. The van der Waals surface area contributed by atoms with Gasteiger partial charge >= 0.3 is 0 Å². The molecule has 2 unspecified atom stereocenters. The molecular weight excluding hydrogens is 162 g/mol. The van der Waals surface area contributed by atoms with Gasteiger partial charge < -0.3 is 5.73 Å². The van der Waals surface area contributed by atoms with Crippen molar-refractivity contribution in [2.75, 3.05) is 13.1 Å². The molecule has 13 heavy (non-hydrogen) atoms. The average Bonchev–Trinajstić information content (AvgIpc) is 2.28. The third kappa shape index (κ3) is 2.99. The Morgan fingerprint density at radius 3 is 2.77 bits per heavy atom. The molecule has 3 N–H and O–H groups in total. The molecule has 3 heteroatoms. The van der Waals surface area contributed by atoms with Crippen LogP contribution in [0.3, 0.4) is 0 Å². The minimum atomic E-state index is 0.130. The summed E-state index contributed by atoms with van der Waals surface area (Å²) in [6.07, 6.45) is 3.82. The van der Waals surface area contributed by atoms with E-state index in [1.807, 2.05) is 6.92 Å². The van der Waals surface area contributed by atoms with Gasteiger partial charge in [0, 0.05) is 0 Å². The van der Waals surface area contributed by atoms with Gasteiger partial charge in [-0.15, -0.1) is 0 Å². The Hall–Kier alpha value is -0.570. The molecule has 1 fully saturated rings. The van der Waals surface area contributed by atoms with Gasteiger partial charge in [-0.1, -0.05) is 6.92 Å². The smallest absolute Gasteiger partial charge is 0.108 e. The van der Waals surface area contributed by atoms with Crippen molar-refractivity contribution in [3.63, 3.8) is 0 Å². The molecule has 1 aliphatic heterocycles. The van der Waals surface area contributed by atoms with Crippen LogP contribution in [0, 0.1) is 11.3 Å². The van der Waals surface area contributed by atoms with Crippen LogP contribution >= 0.6 is 0 Å². The van der Waals surface area contributed by atoms with Crippen LogP contribution in [-0.4, -0.2) is 29.9 Å². The minimum Gasteiger partial charge on any atom is -0.386 e. The van der Waals surface area contributed by atoms with Crippen LogP contribution in [0.25, 0.3) is 0 Å². The first-order valence-corrected chi connectivity index (χ1v) is 5.19. The van der Waals surface area contributed by atoms with Crippen LogP contribution in [0.15, 0.2) is 0 Å². The van der Waals surface area contributed by atoms with E-state index < -0.39 is 0 Å². The molecule has 2 atom stereocenters. The predicted molar refractivity (Wildman–Crippen MR) is 56.0 cm³/mol. The Morgan fingerprint density at radius 1 is 1.46 bits per heavy atom. The molecule has 0 aromatic carbocycles. The molecule has 0 spiro atoms. The Bertz CT molecular complexity index is 179.